The molecule has 0 saturated heterocycles. The molecule has 5 heteroatoms. The number of rotatable bonds is 7. The molecule has 0 aromatic heterocycles. The number of hydrogen-bond acceptors (Lipinski definition) is 2. The van der Waals surface area contributed by atoms with E-state index in [-0.39, 0.29) is 17.6 Å². The third-order valence-electron chi connectivity index (χ3n) is 3.42. The number of halogens is 1. The largest absolute Gasteiger partial charge is 0.354 e. The molecular formula is C17H25FN2O2. The van der Waals surface area contributed by atoms with Gasteiger partial charge in [-0.1, -0.05) is 32.9 Å². The zero-order chi connectivity index (χ0) is 16.7. The SMILES string of the molecule is CCC(=O)N(Cc1ccc(F)cc1)C(C)C(=O)NCC(C)C. The van der Waals surface area contributed by atoms with Gasteiger partial charge in [-0.2, -0.15) is 0 Å². The fraction of sp³-hybridized carbons (Fsp3) is 0.529. The van der Waals surface area contributed by atoms with Crippen LogP contribution in [0, 0.1) is 11.7 Å². The average Bonchev–Trinajstić information content (AvgIpc) is 2.50. The fourth-order valence-corrected chi connectivity index (χ4v) is 2.02. The topological polar surface area (TPSA) is 49.4 Å². The average molecular weight is 308 g/mol. The van der Waals surface area contributed by atoms with Crippen molar-refractivity contribution in [2.24, 2.45) is 5.92 Å². The molecule has 0 aliphatic carbocycles. The summed E-state index contributed by atoms with van der Waals surface area (Å²) in [7, 11) is 0. The number of carbonyl (C=O) groups excluding carboxylic acids is 2. The molecule has 22 heavy (non-hydrogen) atoms. The molecule has 1 N–H and O–H groups in total. The van der Waals surface area contributed by atoms with Crippen LogP contribution in [0.5, 0.6) is 0 Å². The standard InChI is InChI=1S/C17H25FN2O2/c1-5-16(21)20(11-14-6-8-15(18)9-7-14)13(4)17(22)19-10-12(2)3/h6-9,12-13H,5,10-11H2,1-4H3,(H,19,22). The number of carbonyl (C=O) groups is 2. The molecule has 1 unspecified atom stereocenters. The maximum absolute atomic E-state index is 13.0. The lowest BCUT2D eigenvalue weighted by Gasteiger charge is -2.28. The van der Waals surface area contributed by atoms with Crippen LogP contribution in [0.15, 0.2) is 24.3 Å². The highest BCUT2D eigenvalue weighted by Gasteiger charge is 2.24. The van der Waals surface area contributed by atoms with Crippen LogP contribution in [0.3, 0.4) is 0 Å². The molecule has 1 rings (SSSR count). The molecular weight excluding hydrogens is 283 g/mol. The van der Waals surface area contributed by atoms with Crippen molar-refractivity contribution in [2.45, 2.75) is 46.7 Å². The summed E-state index contributed by atoms with van der Waals surface area (Å²) in [6, 6.07) is 5.41. The summed E-state index contributed by atoms with van der Waals surface area (Å²) >= 11 is 0. The maximum atomic E-state index is 13.0. The molecule has 0 aliphatic rings. The van der Waals surface area contributed by atoms with Crippen molar-refractivity contribution in [2.75, 3.05) is 6.54 Å². The molecule has 0 fully saturated rings. The van der Waals surface area contributed by atoms with Crippen LogP contribution in [0.25, 0.3) is 0 Å². The van der Waals surface area contributed by atoms with Gasteiger partial charge in [0, 0.05) is 19.5 Å². The summed E-state index contributed by atoms with van der Waals surface area (Å²) in [5.74, 6) is -0.238. The second-order valence-electron chi connectivity index (χ2n) is 5.82. The van der Waals surface area contributed by atoms with Gasteiger partial charge in [-0.15, -0.1) is 0 Å². The first-order valence-corrected chi connectivity index (χ1v) is 7.66. The third kappa shape index (κ3) is 5.47. The number of benzene rings is 1. The van der Waals surface area contributed by atoms with Gasteiger partial charge >= 0.3 is 0 Å². The van der Waals surface area contributed by atoms with Crippen LogP contribution in [-0.2, 0) is 16.1 Å². The number of nitrogens with one attached hydrogen (secondary N) is 1. The Morgan fingerprint density at radius 1 is 1.18 bits per heavy atom. The minimum atomic E-state index is -0.559. The van der Waals surface area contributed by atoms with Gasteiger partial charge in [-0.05, 0) is 30.5 Å². The van der Waals surface area contributed by atoms with E-state index in [1.54, 1.807) is 26.0 Å². The fourth-order valence-electron chi connectivity index (χ4n) is 2.02. The normalized spacial score (nSPS) is 12.1. The molecule has 0 bridgehead atoms. The van der Waals surface area contributed by atoms with Gasteiger partial charge in [0.1, 0.15) is 11.9 Å². The summed E-state index contributed by atoms with van der Waals surface area (Å²) in [6.07, 6.45) is 0.322. The van der Waals surface area contributed by atoms with Crippen molar-refractivity contribution >= 4 is 11.8 Å². The van der Waals surface area contributed by atoms with E-state index in [4.69, 9.17) is 0 Å². The van der Waals surface area contributed by atoms with Gasteiger partial charge in [0.2, 0.25) is 11.8 Å². The predicted molar refractivity (Wildman–Crippen MR) is 84.6 cm³/mol. The zero-order valence-corrected chi connectivity index (χ0v) is 13.7. The Balaban J connectivity index is 2.81. The lowest BCUT2D eigenvalue weighted by atomic mass is 10.1. The monoisotopic (exact) mass is 308 g/mol. The molecule has 1 aromatic rings. The van der Waals surface area contributed by atoms with E-state index in [1.807, 2.05) is 13.8 Å². The van der Waals surface area contributed by atoms with E-state index in [2.05, 4.69) is 5.32 Å². The highest BCUT2D eigenvalue weighted by atomic mass is 19.1. The van der Waals surface area contributed by atoms with Crippen molar-refractivity contribution in [3.05, 3.63) is 35.6 Å². The van der Waals surface area contributed by atoms with Gasteiger partial charge in [0.25, 0.3) is 0 Å². The Hall–Kier alpha value is -1.91. The Morgan fingerprint density at radius 3 is 2.27 bits per heavy atom. The van der Waals surface area contributed by atoms with Crippen molar-refractivity contribution in [1.29, 1.82) is 0 Å². The molecule has 4 nitrogen and oxygen atoms in total. The Labute approximate surface area is 131 Å². The predicted octanol–water partition coefficient (Wildman–Crippen LogP) is 2.73. The molecule has 0 spiro atoms. The molecule has 1 atom stereocenters. The molecule has 0 aliphatic heterocycles. The summed E-state index contributed by atoms with van der Waals surface area (Å²) < 4.78 is 13.0. The Bertz CT molecular complexity index is 500. The van der Waals surface area contributed by atoms with Crippen molar-refractivity contribution < 1.29 is 14.0 Å². The van der Waals surface area contributed by atoms with Gasteiger partial charge in [-0.3, -0.25) is 9.59 Å². The van der Waals surface area contributed by atoms with Crippen LogP contribution >= 0.6 is 0 Å². The van der Waals surface area contributed by atoms with Crippen LogP contribution < -0.4 is 5.32 Å². The van der Waals surface area contributed by atoms with Gasteiger partial charge < -0.3 is 10.2 Å². The van der Waals surface area contributed by atoms with E-state index in [0.717, 1.165) is 5.56 Å². The summed E-state index contributed by atoms with van der Waals surface area (Å²) in [4.78, 5) is 25.9. The van der Waals surface area contributed by atoms with E-state index in [9.17, 15) is 14.0 Å². The van der Waals surface area contributed by atoms with Crippen molar-refractivity contribution in [1.82, 2.24) is 10.2 Å². The number of hydrogen-bond donors (Lipinski definition) is 1. The first-order chi connectivity index (χ1) is 10.3. The van der Waals surface area contributed by atoms with Crippen LogP contribution in [0.1, 0.15) is 39.7 Å². The Morgan fingerprint density at radius 2 is 1.77 bits per heavy atom. The second-order valence-corrected chi connectivity index (χ2v) is 5.82. The second kappa shape index (κ2) is 8.51. The first kappa shape index (κ1) is 18.1. The van der Waals surface area contributed by atoms with Crippen molar-refractivity contribution in [3.8, 4) is 0 Å². The van der Waals surface area contributed by atoms with E-state index < -0.39 is 6.04 Å². The van der Waals surface area contributed by atoms with Crippen molar-refractivity contribution in [3.63, 3.8) is 0 Å². The number of nitrogens with zero attached hydrogens (tertiary/aromatic N) is 1. The summed E-state index contributed by atoms with van der Waals surface area (Å²) in [6.45, 7) is 8.37. The lowest BCUT2D eigenvalue weighted by Crippen LogP contribution is -2.48. The van der Waals surface area contributed by atoms with Gasteiger partial charge in [0.15, 0.2) is 0 Å². The molecule has 122 valence electrons. The number of amides is 2. The van der Waals surface area contributed by atoms with E-state index in [1.165, 1.54) is 17.0 Å². The zero-order valence-electron chi connectivity index (χ0n) is 13.7. The molecule has 0 radical (unpaired) electrons. The quantitative estimate of drug-likeness (QED) is 0.842. The maximum Gasteiger partial charge on any atom is 0.242 e. The molecule has 1 aromatic carbocycles. The highest BCUT2D eigenvalue weighted by Crippen LogP contribution is 2.11. The molecule has 0 heterocycles. The lowest BCUT2D eigenvalue weighted by molar-refractivity contribution is -0.140. The molecule has 2 amide bonds. The van der Waals surface area contributed by atoms with E-state index >= 15 is 0 Å². The minimum absolute atomic E-state index is 0.100. The smallest absolute Gasteiger partial charge is 0.242 e. The van der Waals surface area contributed by atoms with Crippen LogP contribution in [-0.4, -0.2) is 29.3 Å². The van der Waals surface area contributed by atoms with Crippen LogP contribution in [0.2, 0.25) is 0 Å². The van der Waals surface area contributed by atoms with Gasteiger partial charge in [-0.25, -0.2) is 4.39 Å². The molecule has 0 saturated carbocycles. The third-order valence-corrected chi connectivity index (χ3v) is 3.42. The summed E-state index contributed by atoms with van der Waals surface area (Å²) in [5.41, 5.74) is 0.798. The van der Waals surface area contributed by atoms with Gasteiger partial charge in [0.05, 0.1) is 0 Å². The highest BCUT2D eigenvalue weighted by molar-refractivity contribution is 5.87. The van der Waals surface area contributed by atoms with Crippen LogP contribution in [0.4, 0.5) is 4.39 Å². The Kier molecular flexibility index (Phi) is 7.02. The summed E-state index contributed by atoms with van der Waals surface area (Å²) in [5, 5.41) is 2.84. The van der Waals surface area contributed by atoms with E-state index in [0.29, 0.717) is 25.4 Å². The first-order valence-electron chi connectivity index (χ1n) is 7.66. The minimum Gasteiger partial charge on any atom is -0.354 e.